The molecule has 1 N–H and O–H groups in total. The van der Waals surface area contributed by atoms with Crippen LogP contribution in [-0.4, -0.2) is 31.6 Å². The fraction of sp³-hybridized carbons (Fsp3) is 0.583. The van der Waals surface area contributed by atoms with Gasteiger partial charge in [-0.15, -0.1) is 11.3 Å². The zero-order chi connectivity index (χ0) is 13.1. The molecule has 0 amide bonds. The van der Waals surface area contributed by atoms with Gasteiger partial charge in [-0.25, -0.2) is 4.98 Å². The average Bonchev–Trinajstić information content (AvgIpc) is 2.86. The van der Waals surface area contributed by atoms with Crippen LogP contribution >= 0.6 is 11.3 Å². The predicted molar refractivity (Wildman–Crippen MR) is 77.7 cm³/mol. The number of aromatic nitrogens is 2. The Labute approximate surface area is 114 Å². The van der Waals surface area contributed by atoms with E-state index in [0.29, 0.717) is 0 Å². The molecule has 2 aromatic rings. The van der Waals surface area contributed by atoms with E-state index >= 15 is 0 Å². The minimum Gasteiger partial charge on any atom is -0.311 e. The van der Waals surface area contributed by atoms with Gasteiger partial charge in [0.1, 0.15) is 0 Å². The Morgan fingerprint density at radius 3 is 3.11 bits per heavy atom. The van der Waals surface area contributed by atoms with Gasteiger partial charge < -0.3 is 5.32 Å². The molecule has 0 saturated carbocycles. The van der Waals surface area contributed by atoms with Gasteiger partial charge in [0, 0.05) is 40.4 Å². The number of hydrogen-bond acceptors (Lipinski definition) is 4. The SMILES string of the molecule is Cc1nc2sccn2c1CNCCC(C)S(C)=O. The highest BCUT2D eigenvalue weighted by Gasteiger charge is 2.09. The number of aryl methyl sites for hydroxylation is 1. The quantitative estimate of drug-likeness (QED) is 0.825. The number of nitrogens with zero attached hydrogens (tertiary/aromatic N) is 2. The van der Waals surface area contributed by atoms with Crippen LogP contribution in [0.25, 0.3) is 4.96 Å². The normalized spacial score (nSPS) is 15.1. The fourth-order valence-electron chi connectivity index (χ4n) is 1.83. The number of imidazole rings is 1. The molecule has 2 unspecified atom stereocenters. The van der Waals surface area contributed by atoms with E-state index in [1.165, 1.54) is 5.69 Å². The van der Waals surface area contributed by atoms with E-state index in [0.717, 1.165) is 30.2 Å². The molecule has 0 spiro atoms. The topological polar surface area (TPSA) is 46.4 Å². The maximum Gasteiger partial charge on any atom is 0.194 e. The van der Waals surface area contributed by atoms with Gasteiger partial charge in [-0.2, -0.15) is 0 Å². The summed E-state index contributed by atoms with van der Waals surface area (Å²) in [5, 5.41) is 5.71. The van der Waals surface area contributed by atoms with Crippen LogP contribution in [0.3, 0.4) is 0 Å². The molecule has 2 heterocycles. The molecular formula is C12H19N3OS2. The third-order valence-electron chi connectivity index (χ3n) is 3.15. The van der Waals surface area contributed by atoms with Crippen molar-refractivity contribution in [1.82, 2.24) is 14.7 Å². The highest BCUT2D eigenvalue weighted by atomic mass is 32.2. The molecule has 2 rings (SSSR count). The first-order valence-electron chi connectivity index (χ1n) is 6.03. The molecule has 0 aliphatic rings. The van der Waals surface area contributed by atoms with Crippen molar-refractivity contribution in [2.75, 3.05) is 12.8 Å². The molecule has 18 heavy (non-hydrogen) atoms. The van der Waals surface area contributed by atoms with Gasteiger partial charge in [0.05, 0.1) is 11.4 Å². The van der Waals surface area contributed by atoms with Crippen molar-refractivity contribution >= 4 is 27.1 Å². The van der Waals surface area contributed by atoms with Gasteiger partial charge in [0.15, 0.2) is 4.96 Å². The van der Waals surface area contributed by atoms with Crippen LogP contribution in [0.15, 0.2) is 11.6 Å². The Kier molecular flexibility index (Phi) is 4.53. The zero-order valence-corrected chi connectivity index (χ0v) is 12.6. The summed E-state index contributed by atoms with van der Waals surface area (Å²) in [6, 6.07) is 0. The van der Waals surface area contributed by atoms with Crippen molar-refractivity contribution in [1.29, 1.82) is 0 Å². The van der Waals surface area contributed by atoms with Crippen LogP contribution in [0.1, 0.15) is 24.7 Å². The first-order valence-corrected chi connectivity index (χ1v) is 8.53. The standard InChI is InChI=1S/C12H19N3OS2/c1-9(18(3)16)4-5-13-8-11-10(2)14-12-15(11)6-7-17-12/h6-7,9,13H,4-5,8H2,1-3H3. The van der Waals surface area contributed by atoms with Gasteiger partial charge in [-0.1, -0.05) is 6.92 Å². The number of nitrogens with one attached hydrogen (secondary N) is 1. The predicted octanol–water partition coefficient (Wildman–Crippen LogP) is 1.95. The Hall–Kier alpha value is -0.720. The molecule has 0 fully saturated rings. The lowest BCUT2D eigenvalue weighted by Crippen LogP contribution is -2.21. The van der Waals surface area contributed by atoms with E-state index in [-0.39, 0.29) is 5.25 Å². The van der Waals surface area contributed by atoms with Gasteiger partial charge >= 0.3 is 0 Å². The van der Waals surface area contributed by atoms with Crippen molar-refractivity contribution in [3.8, 4) is 0 Å². The van der Waals surface area contributed by atoms with Crippen molar-refractivity contribution in [2.45, 2.75) is 32.1 Å². The number of thiazole rings is 1. The Morgan fingerprint density at radius 2 is 2.39 bits per heavy atom. The molecule has 100 valence electrons. The number of fused-ring (bicyclic) bond motifs is 1. The van der Waals surface area contributed by atoms with Crippen LogP contribution in [0, 0.1) is 6.92 Å². The van der Waals surface area contributed by atoms with Crippen molar-refractivity contribution < 1.29 is 4.21 Å². The fourth-order valence-corrected chi connectivity index (χ4v) is 3.06. The highest BCUT2D eigenvalue weighted by Crippen LogP contribution is 2.16. The third-order valence-corrected chi connectivity index (χ3v) is 5.27. The van der Waals surface area contributed by atoms with Crippen molar-refractivity contribution in [3.63, 3.8) is 0 Å². The molecule has 0 saturated heterocycles. The Balaban J connectivity index is 1.88. The second-order valence-electron chi connectivity index (χ2n) is 4.47. The highest BCUT2D eigenvalue weighted by molar-refractivity contribution is 7.84. The summed E-state index contributed by atoms with van der Waals surface area (Å²) in [5.41, 5.74) is 2.30. The summed E-state index contributed by atoms with van der Waals surface area (Å²) < 4.78 is 13.4. The molecule has 0 aliphatic carbocycles. The van der Waals surface area contributed by atoms with Gasteiger partial charge in [0.25, 0.3) is 0 Å². The summed E-state index contributed by atoms with van der Waals surface area (Å²) in [7, 11) is -0.727. The largest absolute Gasteiger partial charge is 0.311 e. The van der Waals surface area contributed by atoms with Gasteiger partial charge in [-0.05, 0) is 19.9 Å². The van der Waals surface area contributed by atoms with E-state index in [1.807, 2.05) is 19.2 Å². The van der Waals surface area contributed by atoms with E-state index in [4.69, 9.17) is 0 Å². The van der Waals surface area contributed by atoms with Crippen LogP contribution in [0.2, 0.25) is 0 Å². The van der Waals surface area contributed by atoms with Crippen molar-refractivity contribution in [2.24, 2.45) is 0 Å². The van der Waals surface area contributed by atoms with Crippen LogP contribution in [0.4, 0.5) is 0 Å². The molecule has 6 heteroatoms. The molecule has 4 nitrogen and oxygen atoms in total. The summed E-state index contributed by atoms with van der Waals surface area (Å²) in [6.07, 6.45) is 4.76. The van der Waals surface area contributed by atoms with Gasteiger partial charge in [0.2, 0.25) is 0 Å². The van der Waals surface area contributed by atoms with Crippen LogP contribution in [-0.2, 0) is 17.3 Å². The molecule has 0 aliphatic heterocycles. The third kappa shape index (κ3) is 2.99. The van der Waals surface area contributed by atoms with E-state index in [2.05, 4.69) is 20.9 Å². The minimum atomic E-state index is -0.727. The first kappa shape index (κ1) is 13.7. The monoisotopic (exact) mass is 285 g/mol. The summed E-state index contributed by atoms with van der Waals surface area (Å²) in [4.78, 5) is 5.56. The van der Waals surface area contributed by atoms with E-state index in [9.17, 15) is 4.21 Å². The molecule has 2 atom stereocenters. The summed E-state index contributed by atoms with van der Waals surface area (Å²) in [6.45, 7) is 5.77. The number of rotatable bonds is 6. The molecule has 2 aromatic heterocycles. The van der Waals surface area contributed by atoms with Crippen LogP contribution in [0.5, 0.6) is 0 Å². The molecule has 0 radical (unpaired) electrons. The first-order chi connectivity index (χ1) is 8.59. The maximum atomic E-state index is 11.2. The lowest BCUT2D eigenvalue weighted by Gasteiger charge is -2.09. The zero-order valence-electron chi connectivity index (χ0n) is 11.0. The minimum absolute atomic E-state index is 0.255. The van der Waals surface area contributed by atoms with Gasteiger partial charge in [-0.3, -0.25) is 8.61 Å². The maximum absolute atomic E-state index is 11.2. The summed E-state index contributed by atoms with van der Waals surface area (Å²) >= 11 is 1.65. The number of hydrogen-bond donors (Lipinski definition) is 1. The molecule has 0 bridgehead atoms. The molecule has 0 aromatic carbocycles. The second kappa shape index (κ2) is 5.95. The smallest absolute Gasteiger partial charge is 0.194 e. The van der Waals surface area contributed by atoms with Crippen molar-refractivity contribution in [3.05, 3.63) is 23.0 Å². The lowest BCUT2D eigenvalue weighted by atomic mass is 10.3. The summed E-state index contributed by atoms with van der Waals surface area (Å²) in [5.74, 6) is 0. The second-order valence-corrected chi connectivity index (χ2v) is 7.15. The Bertz CT molecular complexity index is 547. The molecular weight excluding hydrogens is 266 g/mol. The lowest BCUT2D eigenvalue weighted by molar-refractivity contribution is 0.620. The van der Waals surface area contributed by atoms with E-state index < -0.39 is 10.8 Å². The van der Waals surface area contributed by atoms with Crippen LogP contribution < -0.4 is 5.32 Å². The Morgan fingerprint density at radius 1 is 1.61 bits per heavy atom. The van der Waals surface area contributed by atoms with E-state index in [1.54, 1.807) is 17.6 Å². The average molecular weight is 285 g/mol.